The number of rotatable bonds is 6. The number of halogens is 2. The Balaban J connectivity index is 2.93. The molecule has 1 amide bonds. The minimum Gasteiger partial charge on any atom is -0.399 e. The molecule has 0 aliphatic carbocycles. The highest BCUT2D eigenvalue weighted by molar-refractivity contribution is 5.96. The summed E-state index contributed by atoms with van der Waals surface area (Å²) in [4.78, 5) is 13.3. The SMILES string of the molecule is COCCN(CC(F)F)C(=O)c1cc(N)ccc1C. The van der Waals surface area contributed by atoms with E-state index < -0.39 is 18.9 Å². The van der Waals surface area contributed by atoms with Crippen LogP contribution in [0, 0.1) is 6.92 Å². The van der Waals surface area contributed by atoms with Gasteiger partial charge in [0.25, 0.3) is 12.3 Å². The van der Waals surface area contributed by atoms with E-state index in [1.54, 1.807) is 19.1 Å². The van der Waals surface area contributed by atoms with E-state index in [0.29, 0.717) is 16.8 Å². The molecule has 1 rings (SSSR count). The van der Waals surface area contributed by atoms with Gasteiger partial charge in [-0.1, -0.05) is 6.07 Å². The summed E-state index contributed by atoms with van der Waals surface area (Å²) < 4.78 is 29.8. The molecule has 0 aliphatic heterocycles. The standard InChI is InChI=1S/C13H18F2N2O2/c1-9-3-4-10(16)7-11(9)13(18)17(5-6-19-2)8-12(14)15/h3-4,7,12H,5-6,8,16H2,1-2H3. The van der Waals surface area contributed by atoms with Crippen molar-refractivity contribution in [2.75, 3.05) is 32.5 Å². The predicted molar refractivity (Wildman–Crippen MR) is 69.4 cm³/mol. The number of nitrogens with two attached hydrogens (primary N) is 1. The normalized spacial score (nSPS) is 10.8. The number of ether oxygens (including phenoxy) is 1. The molecule has 0 spiro atoms. The van der Waals surface area contributed by atoms with Crippen LogP contribution in [0.5, 0.6) is 0 Å². The van der Waals surface area contributed by atoms with Crippen LogP contribution >= 0.6 is 0 Å². The van der Waals surface area contributed by atoms with E-state index in [4.69, 9.17) is 10.5 Å². The second-order valence-electron chi connectivity index (χ2n) is 4.21. The summed E-state index contributed by atoms with van der Waals surface area (Å²) >= 11 is 0. The molecular formula is C13H18F2N2O2. The van der Waals surface area contributed by atoms with E-state index >= 15 is 0 Å². The van der Waals surface area contributed by atoms with Gasteiger partial charge < -0.3 is 15.4 Å². The van der Waals surface area contributed by atoms with Gasteiger partial charge in [0.05, 0.1) is 13.2 Å². The number of carbonyl (C=O) groups is 1. The third kappa shape index (κ3) is 4.48. The van der Waals surface area contributed by atoms with E-state index in [1.165, 1.54) is 13.2 Å². The number of nitrogen functional groups attached to an aromatic ring is 1. The topological polar surface area (TPSA) is 55.6 Å². The van der Waals surface area contributed by atoms with Gasteiger partial charge in [-0.25, -0.2) is 8.78 Å². The maximum atomic E-state index is 12.5. The summed E-state index contributed by atoms with van der Waals surface area (Å²) in [6.07, 6.45) is -2.58. The first-order chi connectivity index (χ1) is 8.95. The van der Waals surface area contributed by atoms with Crippen molar-refractivity contribution in [3.8, 4) is 0 Å². The van der Waals surface area contributed by atoms with Gasteiger partial charge in [0, 0.05) is 24.9 Å². The van der Waals surface area contributed by atoms with Crippen molar-refractivity contribution in [2.45, 2.75) is 13.3 Å². The summed E-state index contributed by atoms with van der Waals surface area (Å²) in [5.74, 6) is -0.456. The Morgan fingerprint density at radius 2 is 2.16 bits per heavy atom. The lowest BCUT2D eigenvalue weighted by molar-refractivity contribution is 0.0477. The number of carbonyl (C=O) groups excluding carboxylic acids is 1. The zero-order valence-electron chi connectivity index (χ0n) is 11.0. The van der Waals surface area contributed by atoms with Crippen molar-refractivity contribution in [2.24, 2.45) is 0 Å². The monoisotopic (exact) mass is 272 g/mol. The van der Waals surface area contributed by atoms with Crippen LogP contribution in [-0.4, -0.2) is 44.0 Å². The van der Waals surface area contributed by atoms with E-state index in [0.717, 1.165) is 4.90 Å². The lowest BCUT2D eigenvalue weighted by atomic mass is 10.1. The van der Waals surface area contributed by atoms with Gasteiger partial charge in [-0.05, 0) is 24.6 Å². The van der Waals surface area contributed by atoms with Crippen LogP contribution in [0.4, 0.5) is 14.5 Å². The fourth-order valence-corrected chi connectivity index (χ4v) is 1.68. The summed E-state index contributed by atoms with van der Waals surface area (Å²) in [5.41, 5.74) is 7.10. The van der Waals surface area contributed by atoms with Gasteiger partial charge in [0.1, 0.15) is 0 Å². The minimum absolute atomic E-state index is 0.119. The molecule has 1 aromatic rings. The lowest BCUT2D eigenvalue weighted by Gasteiger charge is -2.23. The van der Waals surface area contributed by atoms with Crippen LogP contribution in [0.2, 0.25) is 0 Å². The molecule has 0 radical (unpaired) electrons. The van der Waals surface area contributed by atoms with Crippen molar-refractivity contribution in [3.63, 3.8) is 0 Å². The molecule has 2 N–H and O–H groups in total. The molecular weight excluding hydrogens is 254 g/mol. The zero-order chi connectivity index (χ0) is 14.4. The fraction of sp³-hybridized carbons (Fsp3) is 0.462. The molecule has 1 aromatic carbocycles. The van der Waals surface area contributed by atoms with Crippen molar-refractivity contribution < 1.29 is 18.3 Å². The largest absolute Gasteiger partial charge is 0.399 e. The Labute approximate surface area is 111 Å². The van der Waals surface area contributed by atoms with Gasteiger partial charge in [-0.2, -0.15) is 0 Å². The second kappa shape index (κ2) is 7.04. The number of methoxy groups -OCH3 is 1. The lowest BCUT2D eigenvalue weighted by Crippen LogP contribution is -2.37. The third-order valence-corrected chi connectivity index (χ3v) is 2.70. The molecule has 0 atom stereocenters. The average molecular weight is 272 g/mol. The Hall–Kier alpha value is -1.69. The predicted octanol–water partition coefficient (Wildman–Crippen LogP) is 1.93. The molecule has 0 unspecified atom stereocenters. The number of hydrogen-bond acceptors (Lipinski definition) is 3. The van der Waals surface area contributed by atoms with Gasteiger partial charge in [-0.15, -0.1) is 0 Å². The number of hydrogen-bond donors (Lipinski definition) is 1. The van der Waals surface area contributed by atoms with E-state index in [9.17, 15) is 13.6 Å². The number of nitrogens with zero attached hydrogens (tertiary/aromatic N) is 1. The van der Waals surface area contributed by atoms with Crippen molar-refractivity contribution in [3.05, 3.63) is 29.3 Å². The summed E-state index contributed by atoms with van der Waals surface area (Å²) in [6, 6.07) is 4.86. The van der Waals surface area contributed by atoms with Crippen LogP contribution in [0.1, 0.15) is 15.9 Å². The van der Waals surface area contributed by atoms with Crippen molar-refractivity contribution in [1.82, 2.24) is 4.90 Å². The first-order valence-corrected chi connectivity index (χ1v) is 5.88. The molecule has 0 aliphatic rings. The molecule has 0 saturated heterocycles. The molecule has 0 aromatic heterocycles. The zero-order valence-corrected chi connectivity index (χ0v) is 11.0. The van der Waals surface area contributed by atoms with Gasteiger partial charge in [0.15, 0.2) is 0 Å². The Morgan fingerprint density at radius 3 is 2.74 bits per heavy atom. The van der Waals surface area contributed by atoms with Crippen LogP contribution in [-0.2, 0) is 4.74 Å². The molecule has 0 bridgehead atoms. The minimum atomic E-state index is -2.58. The van der Waals surface area contributed by atoms with Crippen molar-refractivity contribution >= 4 is 11.6 Å². The number of aryl methyl sites for hydroxylation is 1. The smallest absolute Gasteiger partial charge is 0.255 e. The average Bonchev–Trinajstić information content (AvgIpc) is 2.36. The maximum Gasteiger partial charge on any atom is 0.255 e. The van der Waals surface area contributed by atoms with Crippen LogP contribution in [0.15, 0.2) is 18.2 Å². The molecule has 0 saturated carbocycles. The van der Waals surface area contributed by atoms with Crippen LogP contribution in [0.3, 0.4) is 0 Å². The summed E-state index contributed by atoms with van der Waals surface area (Å²) in [6.45, 7) is 1.45. The van der Waals surface area contributed by atoms with Gasteiger partial charge >= 0.3 is 0 Å². The van der Waals surface area contributed by atoms with Crippen LogP contribution < -0.4 is 5.73 Å². The highest BCUT2D eigenvalue weighted by Crippen LogP contribution is 2.15. The van der Waals surface area contributed by atoms with Crippen molar-refractivity contribution in [1.29, 1.82) is 0 Å². The number of amides is 1. The van der Waals surface area contributed by atoms with Gasteiger partial charge in [-0.3, -0.25) is 4.79 Å². The number of anilines is 1. The number of alkyl halides is 2. The van der Waals surface area contributed by atoms with E-state index in [1.807, 2.05) is 0 Å². The highest BCUT2D eigenvalue weighted by Gasteiger charge is 2.21. The summed E-state index contributed by atoms with van der Waals surface area (Å²) in [5, 5.41) is 0. The molecule has 0 heterocycles. The Bertz CT molecular complexity index is 439. The van der Waals surface area contributed by atoms with E-state index in [-0.39, 0.29) is 13.2 Å². The third-order valence-electron chi connectivity index (χ3n) is 2.70. The molecule has 6 heteroatoms. The second-order valence-corrected chi connectivity index (χ2v) is 4.21. The number of benzene rings is 1. The molecule has 0 fully saturated rings. The highest BCUT2D eigenvalue weighted by atomic mass is 19.3. The van der Waals surface area contributed by atoms with E-state index in [2.05, 4.69) is 0 Å². The Kier molecular flexibility index (Phi) is 5.69. The molecule has 106 valence electrons. The Morgan fingerprint density at radius 1 is 1.47 bits per heavy atom. The molecule has 19 heavy (non-hydrogen) atoms. The maximum absolute atomic E-state index is 12.5. The van der Waals surface area contributed by atoms with Gasteiger partial charge in [0.2, 0.25) is 0 Å². The van der Waals surface area contributed by atoms with Crippen LogP contribution in [0.25, 0.3) is 0 Å². The fourth-order valence-electron chi connectivity index (χ4n) is 1.68. The quantitative estimate of drug-likeness (QED) is 0.805. The summed E-state index contributed by atoms with van der Waals surface area (Å²) in [7, 11) is 1.46. The molecule has 4 nitrogen and oxygen atoms in total. The first kappa shape index (κ1) is 15.4. The first-order valence-electron chi connectivity index (χ1n) is 5.88.